The third-order valence-corrected chi connectivity index (χ3v) is 3.27. The highest BCUT2D eigenvalue weighted by Crippen LogP contribution is 2.29. The van der Waals surface area contributed by atoms with Gasteiger partial charge in [0.05, 0.1) is 6.10 Å². The van der Waals surface area contributed by atoms with Gasteiger partial charge in [0.15, 0.2) is 0 Å². The lowest BCUT2D eigenvalue weighted by molar-refractivity contribution is 0.155. The Bertz CT molecular complexity index is 540. The molecular weight excluding hydrogens is 246 g/mol. The minimum absolute atomic E-state index is 0.0978. The second kappa shape index (κ2) is 5.93. The predicted molar refractivity (Wildman–Crippen MR) is 70.8 cm³/mol. The molecule has 1 nitrogen and oxygen atoms in total. The fraction of sp³-hybridized carbons (Fsp3) is 0.250. The van der Waals surface area contributed by atoms with Crippen molar-refractivity contribution in [3.8, 4) is 0 Å². The Kier molecular flexibility index (Phi) is 4.27. The van der Waals surface area contributed by atoms with E-state index >= 15 is 0 Å². The number of halogens is 2. The van der Waals surface area contributed by atoms with E-state index in [1.165, 1.54) is 6.07 Å². The van der Waals surface area contributed by atoms with E-state index in [2.05, 4.69) is 0 Å². The maximum atomic E-state index is 13.6. The molecule has 100 valence electrons. The lowest BCUT2D eigenvalue weighted by Gasteiger charge is -2.17. The van der Waals surface area contributed by atoms with Crippen molar-refractivity contribution in [2.24, 2.45) is 0 Å². The second-order valence-corrected chi connectivity index (χ2v) is 4.73. The van der Waals surface area contributed by atoms with Gasteiger partial charge in [0, 0.05) is 11.6 Å². The number of rotatable bonds is 4. The summed E-state index contributed by atoms with van der Waals surface area (Å²) < 4.78 is 26.4. The Morgan fingerprint density at radius 1 is 1.05 bits per heavy atom. The van der Waals surface area contributed by atoms with Crippen molar-refractivity contribution < 1.29 is 13.9 Å². The van der Waals surface area contributed by atoms with E-state index in [1.54, 1.807) is 0 Å². The van der Waals surface area contributed by atoms with Crippen LogP contribution in [0.1, 0.15) is 36.5 Å². The highest BCUT2D eigenvalue weighted by molar-refractivity contribution is 5.23. The predicted octanol–water partition coefficient (Wildman–Crippen LogP) is 4.19. The first-order valence-corrected chi connectivity index (χ1v) is 6.26. The fourth-order valence-electron chi connectivity index (χ4n) is 2.15. The number of hydrogen-bond acceptors (Lipinski definition) is 1. The van der Waals surface area contributed by atoms with E-state index in [1.807, 2.05) is 37.3 Å². The van der Waals surface area contributed by atoms with Crippen LogP contribution in [-0.4, -0.2) is 5.11 Å². The third kappa shape index (κ3) is 3.38. The molecule has 19 heavy (non-hydrogen) atoms. The van der Waals surface area contributed by atoms with Crippen LogP contribution in [0.2, 0.25) is 0 Å². The van der Waals surface area contributed by atoms with Crippen LogP contribution in [0, 0.1) is 11.6 Å². The molecule has 1 N–H and O–H groups in total. The van der Waals surface area contributed by atoms with Gasteiger partial charge in [-0.2, -0.15) is 0 Å². The quantitative estimate of drug-likeness (QED) is 0.875. The van der Waals surface area contributed by atoms with Crippen molar-refractivity contribution in [1.82, 2.24) is 0 Å². The van der Waals surface area contributed by atoms with Crippen molar-refractivity contribution >= 4 is 0 Å². The van der Waals surface area contributed by atoms with Crippen molar-refractivity contribution in [2.75, 3.05) is 0 Å². The van der Waals surface area contributed by atoms with Crippen molar-refractivity contribution in [2.45, 2.75) is 25.4 Å². The standard InChI is InChI=1S/C16H16F2O/c1-11(12-5-3-2-4-6-12)9-16(19)14-8-7-13(17)10-15(14)18/h2-8,10-11,16,19H,9H2,1H3. The van der Waals surface area contributed by atoms with Crippen LogP contribution in [0.25, 0.3) is 0 Å². The summed E-state index contributed by atoms with van der Waals surface area (Å²) in [5.74, 6) is -1.24. The number of benzene rings is 2. The molecule has 2 rings (SSSR count). The Labute approximate surface area is 111 Å². The molecule has 2 aromatic rings. The number of aliphatic hydroxyl groups is 1. The summed E-state index contributed by atoms with van der Waals surface area (Å²) in [5, 5.41) is 10.1. The molecule has 0 spiro atoms. The molecule has 2 aromatic carbocycles. The smallest absolute Gasteiger partial charge is 0.131 e. The van der Waals surface area contributed by atoms with Gasteiger partial charge >= 0.3 is 0 Å². The van der Waals surface area contributed by atoms with Gasteiger partial charge in [0.2, 0.25) is 0 Å². The first-order valence-electron chi connectivity index (χ1n) is 6.26. The van der Waals surface area contributed by atoms with Crippen LogP contribution in [0.15, 0.2) is 48.5 Å². The molecule has 0 aliphatic carbocycles. The van der Waals surface area contributed by atoms with Gasteiger partial charge in [-0.05, 0) is 24.0 Å². The van der Waals surface area contributed by atoms with Crippen LogP contribution in [-0.2, 0) is 0 Å². The van der Waals surface area contributed by atoms with Crippen LogP contribution in [0.4, 0.5) is 8.78 Å². The second-order valence-electron chi connectivity index (χ2n) is 4.73. The monoisotopic (exact) mass is 262 g/mol. The molecule has 0 heterocycles. The number of hydrogen-bond donors (Lipinski definition) is 1. The first kappa shape index (κ1) is 13.7. The maximum Gasteiger partial charge on any atom is 0.131 e. The molecular formula is C16H16F2O. The van der Waals surface area contributed by atoms with Gasteiger partial charge in [-0.3, -0.25) is 0 Å². The SMILES string of the molecule is CC(CC(O)c1ccc(F)cc1F)c1ccccc1. The van der Waals surface area contributed by atoms with E-state index in [4.69, 9.17) is 0 Å². The van der Waals surface area contributed by atoms with Crippen molar-refractivity contribution in [3.63, 3.8) is 0 Å². The molecule has 0 aliphatic heterocycles. The Balaban J connectivity index is 2.10. The zero-order valence-corrected chi connectivity index (χ0v) is 10.7. The van der Waals surface area contributed by atoms with Gasteiger partial charge in [-0.15, -0.1) is 0 Å². The average molecular weight is 262 g/mol. The molecule has 0 aromatic heterocycles. The van der Waals surface area contributed by atoms with Gasteiger partial charge in [-0.1, -0.05) is 43.3 Å². The molecule has 0 fully saturated rings. The lowest BCUT2D eigenvalue weighted by atomic mass is 9.92. The summed E-state index contributed by atoms with van der Waals surface area (Å²) in [6.07, 6.45) is -0.539. The van der Waals surface area contributed by atoms with Gasteiger partial charge < -0.3 is 5.11 Å². The molecule has 0 aliphatic rings. The minimum Gasteiger partial charge on any atom is -0.388 e. The largest absolute Gasteiger partial charge is 0.388 e. The summed E-state index contributed by atoms with van der Waals surface area (Å²) in [6, 6.07) is 13.0. The van der Waals surface area contributed by atoms with Gasteiger partial charge in [0.1, 0.15) is 11.6 Å². The van der Waals surface area contributed by atoms with Gasteiger partial charge in [0.25, 0.3) is 0 Å². The Morgan fingerprint density at radius 3 is 2.37 bits per heavy atom. The van der Waals surface area contributed by atoms with Crippen LogP contribution in [0.5, 0.6) is 0 Å². The highest BCUT2D eigenvalue weighted by Gasteiger charge is 2.17. The van der Waals surface area contributed by atoms with E-state index < -0.39 is 17.7 Å². The van der Waals surface area contributed by atoms with Crippen molar-refractivity contribution in [1.29, 1.82) is 0 Å². The molecule has 0 saturated carbocycles. The van der Waals surface area contributed by atoms with Crippen LogP contribution >= 0.6 is 0 Å². The zero-order valence-electron chi connectivity index (χ0n) is 10.7. The van der Waals surface area contributed by atoms with Gasteiger partial charge in [-0.25, -0.2) is 8.78 Å². The summed E-state index contributed by atoms with van der Waals surface area (Å²) >= 11 is 0. The highest BCUT2D eigenvalue weighted by atomic mass is 19.1. The molecule has 0 amide bonds. The summed E-state index contributed by atoms with van der Waals surface area (Å²) in [5.41, 5.74) is 1.23. The molecule has 2 atom stereocenters. The minimum atomic E-state index is -0.934. The normalized spacial score (nSPS) is 14.1. The first-order chi connectivity index (χ1) is 9.08. The summed E-state index contributed by atoms with van der Waals surface area (Å²) in [6.45, 7) is 1.97. The molecule has 3 heteroatoms. The lowest BCUT2D eigenvalue weighted by Crippen LogP contribution is -2.06. The zero-order chi connectivity index (χ0) is 13.8. The third-order valence-electron chi connectivity index (χ3n) is 3.27. The van der Waals surface area contributed by atoms with E-state index in [0.717, 1.165) is 17.7 Å². The summed E-state index contributed by atoms with van der Waals surface area (Å²) in [4.78, 5) is 0. The molecule has 0 saturated heterocycles. The molecule has 0 bridgehead atoms. The van der Waals surface area contributed by atoms with Crippen LogP contribution < -0.4 is 0 Å². The average Bonchev–Trinajstić information content (AvgIpc) is 2.39. The Hall–Kier alpha value is -1.74. The van der Waals surface area contributed by atoms with Crippen molar-refractivity contribution in [3.05, 3.63) is 71.3 Å². The maximum absolute atomic E-state index is 13.6. The number of aliphatic hydroxyl groups excluding tert-OH is 1. The van der Waals surface area contributed by atoms with E-state index in [-0.39, 0.29) is 11.5 Å². The molecule has 2 unspecified atom stereocenters. The van der Waals surface area contributed by atoms with E-state index in [0.29, 0.717) is 6.42 Å². The van der Waals surface area contributed by atoms with E-state index in [9.17, 15) is 13.9 Å². The molecule has 0 radical (unpaired) electrons. The topological polar surface area (TPSA) is 20.2 Å². The Morgan fingerprint density at radius 2 is 1.74 bits per heavy atom. The summed E-state index contributed by atoms with van der Waals surface area (Å²) in [7, 11) is 0. The van der Waals surface area contributed by atoms with Crippen LogP contribution in [0.3, 0.4) is 0 Å². The fourth-order valence-corrected chi connectivity index (χ4v) is 2.15.